The molecule has 0 unspecified atom stereocenters. The standard InChI is InChI=1S/C13H15NO6/c15-8-9-1-2-10(7-11(9)16)14(5-3-12(17)18)6-4-13(19)20/h1-2,7-8,16H,3-6H2,(H,17,18)(H,19,20). The zero-order valence-corrected chi connectivity index (χ0v) is 10.7. The third-order valence-corrected chi connectivity index (χ3v) is 2.70. The molecule has 0 aliphatic carbocycles. The summed E-state index contributed by atoms with van der Waals surface area (Å²) < 4.78 is 0. The summed E-state index contributed by atoms with van der Waals surface area (Å²) >= 11 is 0. The normalized spacial score (nSPS) is 10.0. The molecule has 0 fully saturated rings. The molecule has 20 heavy (non-hydrogen) atoms. The van der Waals surface area contributed by atoms with E-state index in [1.54, 1.807) is 0 Å². The van der Waals surface area contributed by atoms with Crippen molar-refractivity contribution in [1.29, 1.82) is 0 Å². The van der Waals surface area contributed by atoms with Crippen LogP contribution >= 0.6 is 0 Å². The van der Waals surface area contributed by atoms with E-state index in [1.807, 2.05) is 0 Å². The minimum atomic E-state index is -1.00. The number of nitrogens with zero attached hydrogens (tertiary/aromatic N) is 1. The fraction of sp³-hybridized carbons (Fsp3) is 0.308. The van der Waals surface area contributed by atoms with E-state index in [4.69, 9.17) is 10.2 Å². The quantitative estimate of drug-likeness (QED) is 0.608. The first-order valence-corrected chi connectivity index (χ1v) is 5.90. The van der Waals surface area contributed by atoms with Crippen molar-refractivity contribution in [3.05, 3.63) is 23.8 Å². The van der Waals surface area contributed by atoms with Gasteiger partial charge in [-0.05, 0) is 12.1 Å². The Kier molecular flexibility index (Phi) is 5.52. The Morgan fingerprint density at radius 1 is 1.10 bits per heavy atom. The molecule has 1 rings (SSSR count). The molecule has 0 bridgehead atoms. The lowest BCUT2D eigenvalue weighted by molar-refractivity contribution is -0.137. The highest BCUT2D eigenvalue weighted by atomic mass is 16.4. The number of benzene rings is 1. The van der Waals surface area contributed by atoms with Crippen molar-refractivity contribution in [3.8, 4) is 5.75 Å². The minimum Gasteiger partial charge on any atom is -0.507 e. The molecule has 0 heterocycles. The summed E-state index contributed by atoms with van der Waals surface area (Å²) in [6.45, 7) is 0.227. The second-order valence-electron chi connectivity index (χ2n) is 4.14. The van der Waals surface area contributed by atoms with Gasteiger partial charge < -0.3 is 20.2 Å². The topological polar surface area (TPSA) is 115 Å². The van der Waals surface area contributed by atoms with Gasteiger partial charge in [0.15, 0.2) is 6.29 Å². The van der Waals surface area contributed by atoms with Gasteiger partial charge in [-0.2, -0.15) is 0 Å². The van der Waals surface area contributed by atoms with E-state index < -0.39 is 11.9 Å². The molecule has 0 atom stereocenters. The van der Waals surface area contributed by atoms with Crippen LogP contribution in [0.4, 0.5) is 5.69 Å². The van der Waals surface area contributed by atoms with E-state index in [0.717, 1.165) is 0 Å². The molecule has 0 saturated carbocycles. The first-order valence-electron chi connectivity index (χ1n) is 5.90. The Hall–Kier alpha value is -2.57. The first kappa shape index (κ1) is 15.5. The molecule has 3 N–H and O–H groups in total. The van der Waals surface area contributed by atoms with Crippen molar-refractivity contribution in [3.63, 3.8) is 0 Å². The summed E-state index contributed by atoms with van der Waals surface area (Å²) in [6.07, 6.45) is 0.184. The molecule has 0 saturated heterocycles. The van der Waals surface area contributed by atoms with Crippen LogP contribution in [0.3, 0.4) is 0 Å². The second kappa shape index (κ2) is 7.13. The zero-order valence-electron chi connectivity index (χ0n) is 10.7. The van der Waals surface area contributed by atoms with Gasteiger partial charge in [0.05, 0.1) is 18.4 Å². The Balaban J connectivity index is 2.89. The minimum absolute atomic E-state index is 0.114. The van der Waals surface area contributed by atoms with Crippen LogP contribution in [0.25, 0.3) is 0 Å². The van der Waals surface area contributed by atoms with E-state index >= 15 is 0 Å². The summed E-state index contributed by atoms with van der Waals surface area (Å²) in [7, 11) is 0. The SMILES string of the molecule is O=Cc1ccc(N(CCC(=O)O)CCC(=O)O)cc1O. The molecule has 0 spiro atoms. The molecule has 0 amide bonds. The maximum atomic E-state index is 10.6. The fourth-order valence-electron chi connectivity index (χ4n) is 1.66. The zero-order chi connectivity index (χ0) is 15.1. The highest BCUT2D eigenvalue weighted by Crippen LogP contribution is 2.24. The first-order chi connectivity index (χ1) is 9.43. The van der Waals surface area contributed by atoms with Gasteiger partial charge in [0.25, 0.3) is 0 Å². The summed E-state index contributed by atoms with van der Waals surface area (Å²) in [6, 6.07) is 4.24. The number of phenols is 1. The molecular formula is C13H15NO6. The Bertz CT molecular complexity index is 496. The number of aromatic hydroxyl groups is 1. The van der Waals surface area contributed by atoms with Crippen molar-refractivity contribution in [2.24, 2.45) is 0 Å². The average Bonchev–Trinajstić information content (AvgIpc) is 2.38. The monoisotopic (exact) mass is 281 g/mol. The summed E-state index contributed by atoms with van der Waals surface area (Å²) in [5.74, 6) is -2.23. The van der Waals surface area contributed by atoms with E-state index in [0.29, 0.717) is 12.0 Å². The van der Waals surface area contributed by atoms with Gasteiger partial charge >= 0.3 is 11.9 Å². The lowest BCUT2D eigenvalue weighted by Crippen LogP contribution is -2.28. The van der Waals surface area contributed by atoms with Gasteiger partial charge in [-0.25, -0.2) is 0 Å². The predicted octanol–water partition coefficient (Wildman–Crippen LogP) is 0.960. The van der Waals surface area contributed by atoms with Gasteiger partial charge in [-0.3, -0.25) is 14.4 Å². The number of carbonyl (C=O) groups excluding carboxylic acids is 1. The second-order valence-corrected chi connectivity index (χ2v) is 4.14. The van der Waals surface area contributed by atoms with Crippen LogP contribution in [0.1, 0.15) is 23.2 Å². The van der Waals surface area contributed by atoms with Crippen LogP contribution in [-0.2, 0) is 9.59 Å². The highest BCUT2D eigenvalue weighted by molar-refractivity contribution is 5.80. The van der Waals surface area contributed by atoms with Crippen LogP contribution < -0.4 is 4.90 Å². The molecule has 7 nitrogen and oxygen atoms in total. The van der Waals surface area contributed by atoms with Crippen LogP contribution in [0.5, 0.6) is 5.75 Å². The summed E-state index contributed by atoms with van der Waals surface area (Å²) in [5.41, 5.74) is 0.584. The molecule has 0 aliphatic heterocycles. The van der Waals surface area contributed by atoms with E-state index in [-0.39, 0.29) is 37.2 Å². The van der Waals surface area contributed by atoms with Gasteiger partial charge in [0.2, 0.25) is 0 Å². The number of rotatable bonds is 8. The molecule has 108 valence electrons. The summed E-state index contributed by atoms with van der Waals surface area (Å²) in [5, 5.41) is 27.0. The number of hydrogen-bond donors (Lipinski definition) is 3. The Morgan fingerprint density at radius 2 is 1.65 bits per heavy atom. The molecule has 0 aromatic heterocycles. The fourth-order valence-corrected chi connectivity index (χ4v) is 1.66. The predicted molar refractivity (Wildman–Crippen MR) is 70.2 cm³/mol. The van der Waals surface area contributed by atoms with Gasteiger partial charge in [0, 0.05) is 24.8 Å². The molecule has 7 heteroatoms. The largest absolute Gasteiger partial charge is 0.507 e. The maximum absolute atomic E-state index is 10.6. The number of aldehydes is 1. The van der Waals surface area contributed by atoms with Crippen molar-refractivity contribution >= 4 is 23.9 Å². The van der Waals surface area contributed by atoms with Crippen molar-refractivity contribution < 1.29 is 29.7 Å². The van der Waals surface area contributed by atoms with Gasteiger partial charge in [-0.15, -0.1) is 0 Å². The van der Waals surface area contributed by atoms with Gasteiger partial charge in [-0.1, -0.05) is 0 Å². The number of anilines is 1. The smallest absolute Gasteiger partial charge is 0.305 e. The lowest BCUT2D eigenvalue weighted by atomic mass is 10.1. The molecule has 0 radical (unpaired) electrons. The van der Waals surface area contributed by atoms with E-state index in [1.165, 1.54) is 23.1 Å². The molecule has 0 aliphatic rings. The average molecular weight is 281 g/mol. The molecule has 1 aromatic carbocycles. The van der Waals surface area contributed by atoms with Crippen molar-refractivity contribution in [2.75, 3.05) is 18.0 Å². The number of hydrogen-bond acceptors (Lipinski definition) is 5. The molecular weight excluding hydrogens is 266 g/mol. The number of phenolic OH excluding ortho intramolecular Hbond substituents is 1. The Morgan fingerprint density at radius 3 is 2.05 bits per heavy atom. The third-order valence-electron chi connectivity index (χ3n) is 2.70. The van der Waals surface area contributed by atoms with Crippen LogP contribution in [0.15, 0.2) is 18.2 Å². The van der Waals surface area contributed by atoms with Crippen LogP contribution in [0.2, 0.25) is 0 Å². The van der Waals surface area contributed by atoms with E-state index in [9.17, 15) is 19.5 Å². The summed E-state index contributed by atoms with van der Waals surface area (Å²) in [4.78, 5) is 33.4. The van der Waals surface area contributed by atoms with E-state index in [2.05, 4.69) is 0 Å². The maximum Gasteiger partial charge on any atom is 0.305 e. The number of aliphatic carboxylic acids is 2. The van der Waals surface area contributed by atoms with Gasteiger partial charge in [0.1, 0.15) is 5.75 Å². The Labute approximate surface area is 115 Å². The van der Waals surface area contributed by atoms with Crippen molar-refractivity contribution in [1.82, 2.24) is 0 Å². The molecule has 1 aromatic rings. The lowest BCUT2D eigenvalue weighted by Gasteiger charge is -2.23. The number of carboxylic acids is 2. The highest BCUT2D eigenvalue weighted by Gasteiger charge is 2.12. The number of carbonyl (C=O) groups is 3. The number of carboxylic acid groups (broad SMARTS) is 2. The van der Waals surface area contributed by atoms with Crippen molar-refractivity contribution in [2.45, 2.75) is 12.8 Å². The third kappa shape index (κ3) is 4.60. The van der Waals surface area contributed by atoms with Crippen LogP contribution in [0, 0.1) is 0 Å². The van der Waals surface area contributed by atoms with Crippen LogP contribution in [-0.4, -0.2) is 46.6 Å².